The molecule has 4 rings (SSSR count). The first-order valence-corrected chi connectivity index (χ1v) is 9.33. The second-order valence-corrected chi connectivity index (χ2v) is 7.04. The second-order valence-electron chi connectivity index (χ2n) is 7.04. The van der Waals surface area contributed by atoms with E-state index in [-0.39, 0.29) is 18.5 Å². The molecule has 7 heteroatoms. The van der Waals surface area contributed by atoms with Crippen molar-refractivity contribution >= 4 is 22.6 Å². The van der Waals surface area contributed by atoms with Crippen LogP contribution in [0.25, 0.3) is 10.9 Å². The molecule has 1 unspecified atom stereocenters. The van der Waals surface area contributed by atoms with E-state index >= 15 is 0 Å². The molecule has 3 heterocycles. The lowest BCUT2D eigenvalue weighted by molar-refractivity contribution is -0.178. The number of piperidine rings is 1. The average Bonchev–Trinajstić information content (AvgIpc) is 3.02. The largest absolute Gasteiger partial charge is 0.462 e. The number of nitrogens with zero attached hydrogens (tertiary/aromatic N) is 2. The summed E-state index contributed by atoms with van der Waals surface area (Å²) in [5, 5.41) is 0.609. The fourth-order valence-corrected chi connectivity index (χ4v) is 3.89. The van der Waals surface area contributed by atoms with E-state index in [0.717, 1.165) is 0 Å². The lowest BCUT2D eigenvalue weighted by atomic mass is 10.00. The van der Waals surface area contributed by atoms with Gasteiger partial charge < -0.3 is 19.1 Å². The van der Waals surface area contributed by atoms with E-state index in [0.29, 0.717) is 54.7 Å². The molecule has 1 atom stereocenters. The zero-order valence-electron chi connectivity index (χ0n) is 15.5. The quantitative estimate of drug-likeness (QED) is 0.769. The lowest BCUT2D eigenvalue weighted by Crippen LogP contribution is -2.46. The van der Waals surface area contributed by atoms with E-state index < -0.39 is 11.8 Å². The standard InChI is InChI=1S/C20H23FN2O4/c1-3-25-19(24)16-11-22-17-5-4-14(21)10-15(17)18(16)23-8-6-20(7-9-23)26-12-13(2)27-20/h4-5,10-11,13H,3,6-9,12H2,1-2H3. The van der Waals surface area contributed by atoms with Crippen molar-refractivity contribution in [2.45, 2.75) is 38.6 Å². The summed E-state index contributed by atoms with van der Waals surface area (Å²) in [5.74, 6) is -1.36. The molecule has 0 aliphatic carbocycles. The Labute approximate surface area is 157 Å². The Kier molecular flexibility index (Phi) is 4.74. The highest BCUT2D eigenvalue weighted by molar-refractivity contribution is 6.05. The van der Waals surface area contributed by atoms with Crippen LogP contribution in [0.3, 0.4) is 0 Å². The van der Waals surface area contributed by atoms with Gasteiger partial charge in [0.15, 0.2) is 5.79 Å². The number of benzene rings is 1. The second kappa shape index (κ2) is 7.05. The van der Waals surface area contributed by atoms with Crippen molar-refractivity contribution in [2.75, 3.05) is 31.2 Å². The molecular weight excluding hydrogens is 351 g/mol. The number of hydrogen-bond acceptors (Lipinski definition) is 6. The Morgan fingerprint density at radius 3 is 2.85 bits per heavy atom. The molecule has 144 valence electrons. The molecular formula is C20H23FN2O4. The Morgan fingerprint density at radius 1 is 1.41 bits per heavy atom. The van der Waals surface area contributed by atoms with Crippen molar-refractivity contribution in [1.82, 2.24) is 4.98 Å². The van der Waals surface area contributed by atoms with Gasteiger partial charge in [-0.1, -0.05) is 0 Å². The number of carbonyl (C=O) groups excluding carboxylic acids is 1. The van der Waals surface area contributed by atoms with Gasteiger partial charge in [0.2, 0.25) is 0 Å². The van der Waals surface area contributed by atoms with Gasteiger partial charge in [-0.3, -0.25) is 4.98 Å². The maximum atomic E-state index is 13.9. The number of halogens is 1. The highest BCUT2D eigenvalue weighted by Gasteiger charge is 2.43. The van der Waals surface area contributed by atoms with Crippen LogP contribution in [0.15, 0.2) is 24.4 Å². The summed E-state index contributed by atoms with van der Waals surface area (Å²) < 4.78 is 31.0. The number of aromatic nitrogens is 1. The zero-order valence-corrected chi connectivity index (χ0v) is 15.5. The third-order valence-electron chi connectivity index (χ3n) is 5.14. The van der Waals surface area contributed by atoms with Crippen molar-refractivity contribution < 1.29 is 23.4 Å². The van der Waals surface area contributed by atoms with Gasteiger partial charge in [0, 0.05) is 37.5 Å². The first kappa shape index (κ1) is 18.1. The number of ether oxygens (including phenoxy) is 3. The van der Waals surface area contributed by atoms with Crippen molar-refractivity contribution in [3.05, 3.63) is 35.8 Å². The van der Waals surface area contributed by atoms with Crippen LogP contribution < -0.4 is 4.90 Å². The fraction of sp³-hybridized carbons (Fsp3) is 0.500. The molecule has 0 amide bonds. The molecule has 2 aliphatic heterocycles. The highest BCUT2D eigenvalue weighted by atomic mass is 19.1. The van der Waals surface area contributed by atoms with E-state index in [1.165, 1.54) is 18.3 Å². The van der Waals surface area contributed by atoms with Crippen molar-refractivity contribution in [3.8, 4) is 0 Å². The fourth-order valence-electron chi connectivity index (χ4n) is 3.89. The van der Waals surface area contributed by atoms with Crippen LogP contribution in [0.5, 0.6) is 0 Å². The van der Waals surface area contributed by atoms with E-state index in [2.05, 4.69) is 9.88 Å². The maximum absolute atomic E-state index is 13.9. The van der Waals surface area contributed by atoms with Crippen molar-refractivity contribution in [3.63, 3.8) is 0 Å². The van der Waals surface area contributed by atoms with Gasteiger partial charge in [-0.15, -0.1) is 0 Å². The lowest BCUT2D eigenvalue weighted by Gasteiger charge is -2.39. The molecule has 1 spiro atoms. The molecule has 1 aromatic carbocycles. The molecule has 2 aromatic rings. The number of anilines is 1. The molecule has 2 saturated heterocycles. The SMILES string of the molecule is CCOC(=O)c1cnc2ccc(F)cc2c1N1CCC2(CC1)OCC(C)O2. The summed E-state index contributed by atoms with van der Waals surface area (Å²) in [5.41, 5.74) is 1.66. The van der Waals surface area contributed by atoms with Crippen LogP contribution in [0.2, 0.25) is 0 Å². The van der Waals surface area contributed by atoms with Gasteiger partial charge in [0.25, 0.3) is 0 Å². The van der Waals surface area contributed by atoms with Crippen LogP contribution in [0, 0.1) is 5.82 Å². The number of pyridine rings is 1. The summed E-state index contributed by atoms with van der Waals surface area (Å²) in [7, 11) is 0. The predicted molar refractivity (Wildman–Crippen MR) is 98.3 cm³/mol. The normalized spacial score (nSPS) is 21.7. The molecule has 27 heavy (non-hydrogen) atoms. The Hall–Kier alpha value is -2.25. The van der Waals surface area contributed by atoms with Crippen LogP contribution in [-0.2, 0) is 14.2 Å². The Balaban J connectivity index is 1.72. The van der Waals surface area contributed by atoms with Crippen LogP contribution >= 0.6 is 0 Å². The Bertz CT molecular complexity index is 864. The monoisotopic (exact) mass is 374 g/mol. The van der Waals surface area contributed by atoms with Gasteiger partial charge in [-0.05, 0) is 32.0 Å². The first-order chi connectivity index (χ1) is 13.0. The van der Waals surface area contributed by atoms with Crippen LogP contribution in [0.1, 0.15) is 37.0 Å². The van der Waals surface area contributed by atoms with E-state index in [1.54, 1.807) is 13.0 Å². The summed E-state index contributed by atoms with van der Waals surface area (Å²) in [6.07, 6.45) is 2.96. The minimum atomic E-state index is -0.548. The van der Waals surface area contributed by atoms with Crippen molar-refractivity contribution in [2.24, 2.45) is 0 Å². The smallest absolute Gasteiger partial charge is 0.341 e. The summed E-state index contributed by atoms with van der Waals surface area (Å²) in [6.45, 7) is 5.88. The van der Waals surface area contributed by atoms with Gasteiger partial charge >= 0.3 is 5.97 Å². The van der Waals surface area contributed by atoms with E-state index in [4.69, 9.17) is 14.2 Å². The molecule has 2 fully saturated rings. The van der Waals surface area contributed by atoms with Gasteiger partial charge in [0.1, 0.15) is 11.4 Å². The average molecular weight is 374 g/mol. The minimum Gasteiger partial charge on any atom is -0.462 e. The third-order valence-corrected chi connectivity index (χ3v) is 5.14. The van der Waals surface area contributed by atoms with E-state index in [1.807, 2.05) is 6.92 Å². The van der Waals surface area contributed by atoms with Gasteiger partial charge in [-0.25, -0.2) is 9.18 Å². The molecule has 0 saturated carbocycles. The molecule has 0 radical (unpaired) electrons. The number of rotatable bonds is 3. The number of esters is 1. The van der Waals surface area contributed by atoms with Gasteiger partial charge in [-0.2, -0.15) is 0 Å². The summed E-state index contributed by atoms with van der Waals surface area (Å²) >= 11 is 0. The highest BCUT2D eigenvalue weighted by Crippen LogP contribution is 2.38. The van der Waals surface area contributed by atoms with Crippen molar-refractivity contribution in [1.29, 1.82) is 0 Å². The molecule has 0 N–H and O–H groups in total. The number of hydrogen-bond donors (Lipinski definition) is 0. The third kappa shape index (κ3) is 3.37. The molecule has 0 bridgehead atoms. The minimum absolute atomic E-state index is 0.0856. The summed E-state index contributed by atoms with van der Waals surface area (Å²) in [4.78, 5) is 18.9. The van der Waals surface area contributed by atoms with Crippen LogP contribution in [0.4, 0.5) is 10.1 Å². The molecule has 2 aliphatic rings. The topological polar surface area (TPSA) is 60.9 Å². The zero-order chi connectivity index (χ0) is 19.0. The number of fused-ring (bicyclic) bond motifs is 1. The first-order valence-electron chi connectivity index (χ1n) is 9.33. The molecule has 6 nitrogen and oxygen atoms in total. The summed E-state index contributed by atoms with van der Waals surface area (Å²) in [6, 6.07) is 4.42. The Morgan fingerprint density at radius 2 is 2.19 bits per heavy atom. The van der Waals surface area contributed by atoms with Crippen LogP contribution in [-0.4, -0.2) is 49.1 Å². The predicted octanol–water partition coefficient (Wildman–Crippen LogP) is 3.28. The van der Waals surface area contributed by atoms with Gasteiger partial charge in [0.05, 0.1) is 30.5 Å². The number of carbonyl (C=O) groups is 1. The van der Waals surface area contributed by atoms with E-state index in [9.17, 15) is 9.18 Å². The molecule has 1 aromatic heterocycles. The maximum Gasteiger partial charge on any atom is 0.341 e.